The lowest BCUT2D eigenvalue weighted by molar-refractivity contribution is 0.101. The maximum atomic E-state index is 12.7. The van der Waals surface area contributed by atoms with Crippen molar-refractivity contribution in [3.63, 3.8) is 0 Å². The van der Waals surface area contributed by atoms with Crippen LogP contribution in [0.3, 0.4) is 0 Å². The maximum Gasteiger partial charge on any atom is 0.277 e. The minimum atomic E-state index is -0.499. The summed E-state index contributed by atoms with van der Waals surface area (Å²) in [6, 6.07) is 9.83. The maximum absolute atomic E-state index is 12.7. The van der Waals surface area contributed by atoms with Crippen molar-refractivity contribution in [3.05, 3.63) is 47.1 Å². The summed E-state index contributed by atoms with van der Waals surface area (Å²) in [6.07, 6.45) is 0. The molecule has 0 aliphatic carbocycles. The zero-order chi connectivity index (χ0) is 21.0. The van der Waals surface area contributed by atoms with Gasteiger partial charge in [-0.2, -0.15) is 0 Å². The van der Waals surface area contributed by atoms with Gasteiger partial charge in [-0.05, 0) is 24.3 Å². The van der Waals surface area contributed by atoms with E-state index in [2.05, 4.69) is 10.5 Å². The number of carbonyl (C=O) groups excluding carboxylic acids is 1. The molecule has 1 N–H and O–H groups in total. The highest BCUT2D eigenvalue weighted by atomic mass is 35.5. The quantitative estimate of drug-likeness (QED) is 0.612. The number of methoxy groups -OCH3 is 4. The van der Waals surface area contributed by atoms with Crippen LogP contribution < -0.4 is 24.3 Å². The van der Waals surface area contributed by atoms with E-state index in [0.717, 1.165) is 0 Å². The summed E-state index contributed by atoms with van der Waals surface area (Å²) < 4.78 is 26.4. The number of hydrogen-bond donors (Lipinski definition) is 1. The van der Waals surface area contributed by atoms with Crippen molar-refractivity contribution in [3.8, 4) is 34.3 Å². The van der Waals surface area contributed by atoms with E-state index >= 15 is 0 Å². The number of nitrogens with zero attached hydrogens (tertiary/aromatic N) is 1. The van der Waals surface area contributed by atoms with Gasteiger partial charge < -0.3 is 28.8 Å². The Kier molecular flexibility index (Phi) is 6.13. The summed E-state index contributed by atoms with van der Waals surface area (Å²) in [6.45, 7) is 0. The van der Waals surface area contributed by atoms with Crippen LogP contribution in [0, 0.1) is 0 Å². The van der Waals surface area contributed by atoms with Gasteiger partial charge in [-0.1, -0.05) is 16.8 Å². The fraction of sp³-hybridized carbons (Fsp3) is 0.200. The van der Waals surface area contributed by atoms with E-state index in [1.165, 1.54) is 33.5 Å². The Morgan fingerprint density at radius 2 is 1.66 bits per heavy atom. The molecular formula is C20H19ClN2O6. The molecule has 1 aromatic heterocycles. The number of aromatic nitrogens is 1. The molecule has 29 heavy (non-hydrogen) atoms. The molecule has 0 spiro atoms. The normalized spacial score (nSPS) is 10.4. The minimum absolute atomic E-state index is 0.0684. The summed E-state index contributed by atoms with van der Waals surface area (Å²) in [7, 11) is 6.05. The second-order valence-electron chi connectivity index (χ2n) is 5.78. The number of carbonyl (C=O) groups is 1. The molecule has 9 heteroatoms. The monoisotopic (exact) mass is 418 g/mol. The van der Waals surface area contributed by atoms with Crippen molar-refractivity contribution in [2.45, 2.75) is 0 Å². The SMILES string of the molecule is COc1ccc(OC)c(-c2cc(C(=O)Nc3cc(Cl)c(OC)cc3OC)no2)c1. The van der Waals surface area contributed by atoms with Crippen LogP contribution >= 0.6 is 11.6 Å². The van der Waals surface area contributed by atoms with Crippen LogP contribution in [0.25, 0.3) is 11.3 Å². The molecule has 0 saturated carbocycles. The average Bonchev–Trinajstić information content (AvgIpc) is 3.23. The summed E-state index contributed by atoms with van der Waals surface area (Å²) in [5.74, 6) is 1.83. The zero-order valence-corrected chi connectivity index (χ0v) is 17.0. The molecule has 1 amide bonds. The summed E-state index contributed by atoms with van der Waals surface area (Å²) in [5.41, 5.74) is 1.04. The number of rotatable bonds is 7. The van der Waals surface area contributed by atoms with Crippen LogP contribution in [-0.4, -0.2) is 39.5 Å². The van der Waals surface area contributed by atoms with Gasteiger partial charge in [0, 0.05) is 12.1 Å². The molecule has 1 heterocycles. The first-order valence-corrected chi connectivity index (χ1v) is 8.80. The highest BCUT2D eigenvalue weighted by Crippen LogP contribution is 2.37. The van der Waals surface area contributed by atoms with Crippen molar-refractivity contribution >= 4 is 23.2 Å². The van der Waals surface area contributed by atoms with Gasteiger partial charge in [-0.15, -0.1) is 0 Å². The zero-order valence-electron chi connectivity index (χ0n) is 16.2. The number of amides is 1. The number of halogens is 1. The molecule has 0 fully saturated rings. The van der Waals surface area contributed by atoms with Crippen molar-refractivity contribution in [2.75, 3.05) is 33.8 Å². The highest BCUT2D eigenvalue weighted by Gasteiger charge is 2.19. The highest BCUT2D eigenvalue weighted by molar-refractivity contribution is 6.32. The Hall–Kier alpha value is -3.39. The van der Waals surface area contributed by atoms with Gasteiger partial charge in [-0.3, -0.25) is 4.79 Å². The third-order valence-electron chi connectivity index (χ3n) is 4.14. The Morgan fingerprint density at radius 3 is 2.31 bits per heavy atom. The minimum Gasteiger partial charge on any atom is -0.497 e. The first kappa shape index (κ1) is 20.3. The van der Waals surface area contributed by atoms with E-state index in [9.17, 15) is 4.79 Å². The van der Waals surface area contributed by atoms with Crippen LogP contribution in [0.4, 0.5) is 5.69 Å². The lowest BCUT2D eigenvalue weighted by Crippen LogP contribution is -2.13. The largest absolute Gasteiger partial charge is 0.497 e. The molecule has 3 aromatic rings. The van der Waals surface area contributed by atoms with Crippen molar-refractivity contribution in [2.24, 2.45) is 0 Å². The molecule has 3 rings (SSSR count). The Balaban J connectivity index is 1.88. The van der Waals surface area contributed by atoms with E-state index in [1.807, 2.05) is 0 Å². The molecule has 8 nitrogen and oxygen atoms in total. The van der Waals surface area contributed by atoms with E-state index in [-0.39, 0.29) is 5.69 Å². The van der Waals surface area contributed by atoms with Crippen molar-refractivity contribution < 1.29 is 28.3 Å². The number of benzene rings is 2. The van der Waals surface area contributed by atoms with Crippen LogP contribution in [0.15, 0.2) is 40.9 Å². The Labute approximate surface area is 172 Å². The van der Waals surface area contributed by atoms with Gasteiger partial charge in [0.15, 0.2) is 11.5 Å². The van der Waals surface area contributed by atoms with Crippen molar-refractivity contribution in [1.29, 1.82) is 0 Å². The predicted molar refractivity (Wildman–Crippen MR) is 108 cm³/mol. The first-order chi connectivity index (χ1) is 14.0. The predicted octanol–water partition coefficient (Wildman–Crippen LogP) is 4.28. The lowest BCUT2D eigenvalue weighted by atomic mass is 10.1. The van der Waals surface area contributed by atoms with Crippen LogP contribution in [0.5, 0.6) is 23.0 Å². The van der Waals surface area contributed by atoms with Crippen LogP contribution in [0.1, 0.15) is 10.5 Å². The Bertz CT molecular complexity index is 1030. The first-order valence-electron chi connectivity index (χ1n) is 8.42. The number of nitrogens with one attached hydrogen (secondary N) is 1. The third-order valence-corrected chi connectivity index (χ3v) is 4.43. The van der Waals surface area contributed by atoms with E-state index in [0.29, 0.717) is 45.0 Å². The standard InChI is InChI=1S/C20H19ClN2O6/c1-25-11-5-6-16(26-2)12(7-11)17-9-15(23-29-17)20(24)22-14-8-13(21)18(27-3)10-19(14)28-4/h5-10H,1-4H3,(H,22,24). The summed E-state index contributed by atoms with van der Waals surface area (Å²) in [5, 5.41) is 6.88. The molecule has 152 valence electrons. The molecule has 2 aromatic carbocycles. The Morgan fingerprint density at radius 1 is 0.931 bits per heavy atom. The van der Waals surface area contributed by atoms with E-state index in [4.69, 9.17) is 35.1 Å². The van der Waals surface area contributed by atoms with Crippen LogP contribution in [0.2, 0.25) is 5.02 Å². The fourth-order valence-corrected chi connectivity index (χ4v) is 2.90. The number of ether oxygens (including phenoxy) is 4. The number of hydrogen-bond acceptors (Lipinski definition) is 7. The molecule has 0 radical (unpaired) electrons. The topological polar surface area (TPSA) is 92.1 Å². The smallest absolute Gasteiger partial charge is 0.277 e. The number of anilines is 1. The fourth-order valence-electron chi connectivity index (χ4n) is 2.66. The second-order valence-corrected chi connectivity index (χ2v) is 6.19. The van der Waals surface area contributed by atoms with Gasteiger partial charge in [0.1, 0.15) is 23.0 Å². The molecule has 0 aliphatic heterocycles. The average molecular weight is 419 g/mol. The summed E-state index contributed by atoms with van der Waals surface area (Å²) >= 11 is 6.14. The molecular weight excluding hydrogens is 400 g/mol. The molecule has 0 bridgehead atoms. The molecule has 0 saturated heterocycles. The third kappa shape index (κ3) is 4.22. The summed E-state index contributed by atoms with van der Waals surface area (Å²) in [4.78, 5) is 12.7. The van der Waals surface area contributed by atoms with E-state index in [1.54, 1.807) is 31.4 Å². The second kappa shape index (κ2) is 8.74. The molecule has 0 aliphatic rings. The molecule has 0 unspecified atom stereocenters. The van der Waals surface area contributed by atoms with E-state index < -0.39 is 5.91 Å². The van der Waals surface area contributed by atoms with Crippen LogP contribution in [-0.2, 0) is 0 Å². The van der Waals surface area contributed by atoms with Gasteiger partial charge in [-0.25, -0.2) is 0 Å². The molecule has 0 atom stereocenters. The van der Waals surface area contributed by atoms with Crippen molar-refractivity contribution in [1.82, 2.24) is 5.16 Å². The van der Waals surface area contributed by atoms with Gasteiger partial charge in [0.05, 0.1) is 44.7 Å². The van der Waals surface area contributed by atoms with Gasteiger partial charge >= 0.3 is 0 Å². The lowest BCUT2D eigenvalue weighted by Gasteiger charge is -2.12. The van der Waals surface area contributed by atoms with Gasteiger partial charge in [0.25, 0.3) is 5.91 Å². The van der Waals surface area contributed by atoms with Gasteiger partial charge in [0.2, 0.25) is 0 Å².